The molecule has 3 unspecified atom stereocenters. The summed E-state index contributed by atoms with van der Waals surface area (Å²) in [6, 6.07) is 4.28. The lowest BCUT2D eigenvalue weighted by molar-refractivity contribution is -0.138. The molecule has 3 atom stereocenters. The van der Waals surface area contributed by atoms with Crippen LogP contribution in [0.2, 0.25) is 0 Å². The zero-order valence-electron chi connectivity index (χ0n) is 7.93. The first kappa shape index (κ1) is 9.68. The molecule has 1 fully saturated rings. The number of carboxylic acid groups (broad SMARTS) is 1. The van der Waals surface area contributed by atoms with Crippen LogP contribution in [-0.2, 0) is 4.79 Å². The van der Waals surface area contributed by atoms with Crippen LogP contribution in [0.15, 0.2) is 17.5 Å². The maximum Gasteiger partial charge on any atom is 0.306 e. The Balaban J connectivity index is 2.06. The number of thiophene rings is 1. The normalized spacial score (nSPS) is 27.2. The molecule has 0 bridgehead atoms. The molecule has 76 valence electrons. The van der Waals surface area contributed by atoms with Crippen molar-refractivity contribution in [1.82, 2.24) is 5.32 Å². The van der Waals surface area contributed by atoms with E-state index in [4.69, 9.17) is 5.11 Å². The van der Waals surface area contributed by atoms with E-state index >= 15 is 0 Å². The van der Waals surface area contributed by atoms with Gasteiger partial charge in [0.1, 0.15) is 0 Å². The molecule has 4 heteroatoms. The van der Waals surface area contributed by atoms with Gasteiger partial charge in [0.2, 0.25) is 0 Å². The van der Waals surface area contributed by atoms with Crippen LogP contribution in [0.4, 0.5) is 0 Å². The highest BCUT2D eigenvalue weighted by Crippen LogP contribution is 2.48. The Bertz CT molecular complexity index is 323. The summed E-state index contributed by atoms with van der Waals surface area (Å²) in [5.41, 5.74) is 0. The molecule has 0 amide bonds. The van der Waals surface area contributed by atoms with Gasteiger partial charge in [-0.05, 0) is 30.8 Å². The fraction of sp³-hybridized carbons (Fsp3) is 0.500. The minimum Gasteiger partial charge on any atom is -0.481 e. The van der Waals surface area contributed by atoms with Gasteiger partial charge >= 0.3 is 5.97 Å². The lowest BCUT2D eigenvalue weighted by Crippen LogP contribution is -2.19. The van der Waals surface area contributed by atoms with Crippen molar-refractivity contribution >= 4 is 17.3 Å². The summed E-state index contributed by atoms with van der Waals surface area (Å²) < 4.78 is 0. The van der Waals surface area contributed by atoms with Gasteiger partial charge in [-0.2, -0.15) is 0 Å². The van der Waals surface area contributed by atoms with Crippen LogP contribution in [0.5, 0.6) is 0 Å². The van der Waals surface area contributed by atoms with Gasteiger partial charge in [0.05, 0.1) is 5.92 Å². The molecule has 1 aliphatic carbocycles. The summed E-state index contributed by atoms with van der Waals surface area (Å²) >= 11 is 1.68. The van der Waals surface area contributed by atoms with Gasteiger partial charge in [0.15, 0.2) is 0 Å². The molecule has 1 saturated carbocycles. The minimum atomic E-state index is -0.660. The highest BCUT2D eigenvalue weighted by atomic mass is 32.1. The zero-order valence-corrected chi connectivity index (χ0v) is 8.75. The Kier molecular flexibility index (Phi) is 2.56. The second kappa shape index (κ2) is 3.71. The van der Waals surface area contributed by atoms with Crippen molar-refractivity contribution in [3.05, 3.63) is 22.4 Å². The number of hydrogen-bond donors (Lipinski definition) is 2. The zero-order chi connectivity index (χ0) is 10.1. The lowest BCUT2D eigenvalue weighted by Gasteiger charge is -2.13. The van der Waals surface area contributed by atoms with E-state index in [0.29, 0.717) is 0 Å². The van der Waals surface area contributed by atoms with Gasteiger partial charge in [0.25, 0.3) is 0 Å². The van der Waals surface area contributed by atoms with Crippen LogP contribution in [0, 0.1) is 11.8 Å². The highest BCUT2D eigenvalue weighted by Gasteiger charge is 2.48. The first-order valence-corrected chi connectivity index (χ1v) is 5.55. The maximum absolute atomic E-state index is 10.7. The van der Waals surface area contributed by atoms with E-state index in [1.165, 1.54) is 4.88 Å². The number of hydrogen-bond acceptors (Lipinski definition) is 3. The van der Waals surface area contributed by atoms with E-state index in [1.54, 1.807) is 11.3 Å². The second-order valence-electron chi connectivity index (χ2n) is 3.63. The van der Waals surface area contributed by atoms with E-state index < -0.39 is 5.97 Å². The summed E-state index contributed by atoms with van der Waals surface area (Å²) in [6.45, 7) is 0. The fourth-order valence-electron chi connectivity index (χ4n) is 1.90. The van der Waals surface area contributed by atoms with E-state index in [2.05, 4.69) is 11.4 Å². The predicted octanol–water partition coefficient (Wildman–Crippen LogP) is 1.73. The first-order valence-electron chi connectivity index (χ1n) is 4.67. The van der Waals surface area contributed by atoms with Crippen molar-refractivity contribution in [3.8, 4) is 0 Å². The molecule has 1 aromatic rings. The van der Waals surface area contributed by atoms with Crippen molar-refractivity contribution in [2.24, 2.45) is 11.8 Å². The van der Waals surface area contributed by atoms with Crippen LogP contribution < -0.4 is 5.32 Å². The summed E-state index contributed by atoms with van der Waals surface area (Å²) in [5, 5.41) is 14.1. The number of carboxylic acids is 1. The molecule has 1 aromatic heterocycles. The van der Waals surface area contributed by atoms with E-state index in [1.807, 2.05) is 18.5 Å². The second-order valence-corrected chi connectivity index (χ2v) is 4.61. The number of rotatable bonds is 4. The number of carbonyl (C=O) groups is 1. The molecule has 0 radical (unpaired) electrons. The van der Waals surface area contributed by atoms with Gasteiger partial charge in [-0.15, -0.1) is 11.3 Å². The van der Waals surface area contributed by atoms with Gasteiger partial charge in [0, 0.05) is 10.9 Å². The van der Waals surface area contributed by atoms with Gasteiger partial charge in [-0.1, -0.05) is 6.07 Å². The molecule has 14 heavy (non-hydrogen) atoms. The summed E-state index contributed by atoms with van der Waals surface area (Å²) in [6.07, 6.45) is 0.804. The Morgan fingerprint density at radius 2 is 2.57 bits per heavy atom. The van der Waals surface area contributed by atoms with Crippen molar-refractivity contribution in [2.75, 3.05) is 7.05 Å². The van der Waals surface area contributed by atoms with E-state index in [0.717, 1.165) is 6.42 Å². The summed E-state index contributed by atoms with van der Waals surface area (Å²) in [7, 11) is 1.89. The lowest BCUT2D eigenvalue weighted by atomic mass is 10.1. The Labute approximate surface area is 86.8 Å². The molecule has 1 aliphatic rings. The fourth-order valence-corrected chi connectivity index (χ4v) is 2.81. The smallest absolute Gasteiger partial charge is 0.306 e. The molecule has 2 N–H and O–H groups in total. The first-order chi connectivity index (χ1) is 6.74. The Morgan fingerprint density at radius 1 is 1.79 bits per heavy atom. The third-order valence-electron chi connectivity index (χ3n) is 2.75. The molecule has 0 aromatic carbocycles. The van der Waals surface area contributed by atoms with E-state index in [9.17, 15) is 4.79 Å². The minimum absolute atomic E-state index is 0.144. The predicted molar refractivity (Wildman–Crippen MR) is 55.4 cm³/mol. The van der Waals surface area contributed by atoms with E-state index in [-0.39, 0.29) is 17.9 Å². The Morgan fingerprint density at radius 3 is 3.00 bits per heavy atom. The van der Waals surface area contributed by atoms with Gasteiger partial charge in [-0.3, -0.25) is 4.79 Å². The van der Waals surface area contributed by atoms with Crippen molar-refractivity contribution < 1.29 is 9.90 Å². The molecule has 0 saturated heterocycles. The molecule has 2 rings (SSSR count). The van der Waals surface area contributed by atoms with Crippen molar-refractivity contribution in [2.45, 2.75) is 12.5 Å². The third kappa shape index (κ3) is 1.67. The number of aliphatic carboxylic acids is 1. The number of nitrogens with one attached hydrogen (secondary N) is 1. The topological polar surface area (TPSA) is 49.3 Å². The molecule has 0 aliphatic heterocycles. The maximum atomic E-state index is 10.7. The SMILES string of the molecule is CNC(c1cccs1)C1CC1C(=O)O. The van der Waals surface area contributed by atoms with Crippen LogP contribution in [-0.4, -0.2) is 18.1 Å². The monoisotopic (exact) mass is 211 g/mol. The third-order valence-corrected chi connectivity index (χ3v) is 3.70. The average Bonchev–Trinajstić information content (AvgIpc) is 2.75. The largest absolute Gasteiger partial charge is 0.481 e. The van der Waals surface area contributed by atoms with Crippen molar-refractivity contribution in [1.29, 1.82) is 0 Å². The standard InChI is InChI=1S/C10H13NO2S/c1-11-9(8-3-2-4-14-8)6-5-7(6)10(12)13/h2-4,6-7,9,11H,5H2,1H3,(H,12,13). The quantitative estimate of drug-likeness (QED) is 0.797. The van der Waals surface area contributed by atoms with Gasteiger partial charge < -0.3 is 10.4 Å². The molecular formula is C10H13NO2S. The van der Waals surface area contributed by atoms with Crippen LogP contribution in [0.3, 0.4) is 0 Å². The average molecular weight is 211 g/mol. The Hall–Kier alpha value is -0.870. The van der Waals surface area contributed by atoms with Crippen LogP contribution in [0.1, 0.15) is 17.3 Å². The summed E-state index contributed by atoms with van der Waals surface area (Å²) in [5.74, 6) is -0.530. The molecule has 1 heterocycles. The highest BCUT2D eigenvalue weighted by molar-refractivity contribution is 7.10. The van der Waals surface area contributed by atoms with Crippen molar-refractivity contribution in [3.63, 3.8) is 0 Å². The van der Waals surface area contributed by atoms with Gasteiger partial charge in [-0.25, -0.2) is 0 Å². The summed E-state index contributed by atoms with van der Waals surface area (Å²) in [4.78, 5) is 12.0. The molecular weight excluding hydrogens is 198 g/mol. The molecule has 3 nitrogen and oxygen atoms in total. The molecule has 0 spiro atoms. The van der Waals surface area contributed by atoms with Crippen LogP contribution >= 0.6 is 11.3 Å². The van der Waals surface area contributed by atoms with Crippen LogP contribution in [0.25, 0.3) is 0 Å².